The zero-order chi connectivity index (χ0) is 12.9. The van der Waals surface area contributed by atoms with Crippen molar-refractivity contribution in [3.8, 4) is 0 Å². The molecular formula is C13H27NO3. The van der Waals surface area contributed by atoms with E-state index >= 15 is 0 Å². The molecule has 0 saturated heterocycles. The quantitative estimate of drug-likeness (QED) is 0.345. The van der Waals surface area contributed by atoms with Crippen LogP contribution in [0.2, 0.25) is 0 Å². The summed E-state index contributed by atoms with van der Waals surface area (Å²) in [7, 11) is 0. The smallest absolute Gasteiger partial charge is 0.330 e. The molecule has 0 heterocycles. The molecule has 0 saturated carbocycles. The van der Waals surface area contributed by atoms with E-state index in [0.29, 0.717) is 6.42 Å². The highest BCUT2D eigenvalue weighted by Crippen LogP contribution is 2.08. The molecule has 17 heavy (non-hydrogen) atoms. The lowest BCUT2D eigenvalue weighted by atomic mass is 10.1. The monoisotopic (exact) mass is 245 g/mol. The van der Waals surface area contributed by atoms with Gasteiger partial charge in [0.25, 0.3) is 0 Å². The van der Waals surface area contributed by atoms with Gasteiger partial charge in [-0.1, -0.05) is 33.1 Å². The van der Waals surface area contributed by atoms with Gasteiger partial charge in [-0.15, -0.1) is 0 Å². The molecular weight excluding hydrogens is 218 g/mol. The Labute approximate surface area is 105 Å². The lowest BCUT2D eigenvalue weighted by Crippen LogP contribution is -2.14. The summed E-state index contributed by atoms with van der Waals surface area (Å²) >= 11 is 0. The first-order valence-corrected chi connectivity index (χ1v) is 6.80. The van der Waals surface area contributed by atoms with Gasteiger partial charge in [-0.25, -0.2) is 4.79 Å². The fraction of sp³-hybridized carbons (Fsp3) is 0.923. The minimum atomic E-state index is -0.254. The molecule has 0 aliphatic rings. The minimum absolute atomic E-state index is 0.0310. The van der Waals surface area contributed by atoms with Crippen molar-refractivity contribution in [3.63, 3.8) is 0 Å². The standard InChI is InChI=1S/C13H27NO3/c1-3-12(4-2)16-17-13(15)10-8-6-5-7-9-11-14/h12H,3-11,14H2,1-2H3. The molecule has 0 bridgehead atoms. The maximum atomic E-state index is 11.3. The van der Waals surface area contributed by atoms with E-state index in [-0.39, 0.29) is 12.1 Å². The van der Waals surface area contributed by atoms with Gasteiger partial charge in [-0.3, -0.25) is 4.89 Å². The maximum Gasteiger partial charge on any atom is 0.342 e. The van der Waals surface area contributed by atoms with Gasteiger partial charge in [0.15, 0.2) is 0 Å². The lowest BCUT2D eigenvalue weighted by molar-refractivity contribution is -0.298. The Morgan fingerprint density at radius 2 is 1.65 bits per heavy atom. The van der Waals surface area contributed by atoms with Gasteiger partial charge in [0.05, 0.1) is 0 Å². The molecule has 0 aromatic heterocycles. The summed E-state index contributed by atoms with van der Waals surface area (Å²) in [6, 6.07) is 0. The number of carbonyl (C=O) groups excluding carboxylic acids is 1. The first-order valence-electron chi connectivity index (χ1n) is 6.80. The molecule has 4 heteroatoms. The van der Waals surface area contributed by atoms with E-state index in [9.17, 15) is 4.79 Å². The average molecular weight is 245 g/mol. The van der Waals surface area contributed by atoms with E-state index < -0.39 is 0 Å². The van der Waals surface area contributed by atoms with E-state index in [0.717, 1.165) is 51.5 Å². The van der Waals surface area contributed by atoms with Crippen LogP contribution >= 0.6 is 0 Å². The van der Waals surface area contributed by atoms with Crippen molar-refractivity contribution >= 4 is 5.97 Å². The largest absolute Gasteiger partial charge is 0.342 e. The van der Waals surface area contributed by atoms with Crippen molar-refractivity contribution in [3.05, 3.63) is 0 Å². The van der Waals surface area contributed by atoms with Gasteiger partial charge in [-0.05, 0) is 32.2 Å². The summed E-state index contributed by atoms with van der Waals surface area (Å²) in [5.74, 6) is -0.254. The van der Waals surface area contributed by atoms with Gasteiger partial charge in [-0.2, -0.15) is 4.89 Å². The molecule has 0 unspecified atom stereocenters. The normalized spacial score (nSPS) is 10.8. The van der Waals surface area contributed by atoms with Gasteiger partial charge in [0.2, 0.25) is 0 Å². The predicted octanol–water partition coefficient (Wildman–Crippen LogP) is 2.95. The van der Waals surface area contributed by atoms with Crippen LogP contribution in [0.5, 0.6) is 0 Å². The Balaban J connectivity index is 3.34. The molecule has 0 aromatic carbocycles. The van der Waals surface area contributed by atoms with E-state index in [1.807, 2.05) is 13.8 Å². The number of rotatable bonds is 11. The van der Waals surface area contributed by atoms with Crippen molar-refractivity contribution in [2.75, 3.05) is 6.54 Å². The van der Waals surface area contributed by atoms with E-state index in [2.05, 4.69) is 0 Å². The van der Waals surface area contributed by atoms with E-state index in [1.165, 1.54) is 0 Å². The minimum Gasteiger partial charge on any atom is -0.330 e. The zero-order valence-electron chi connectivity index (χ0n) is 11.2. The van der Waals surface area contributed by atoms with Crippen LogP contribution in [0.1, 0.15) is 65.2 Å². The Morgan fingerprint density at radius 3 is 2.24 bits per heavy atom. The van der Waals surface area contributed by atoms with Crippen LogP contribution in [0.4, 0.5) is 0 Å². The Bertz CT molecular complexity index is 182. The summed E-state index contributed by atoms with van der Waals surface area (Å²) < 4.78 is 0. The molecule has 0 aliphatic carbocycles. The van der Waals surface area contributed by atoms with Gasteiger partial charge in [0.1, 0.15) is 6.10 Å². The van der Waals surface area contributed by atoms with Crippen LogP contribution in [0, 0.1) is 0 Å². The third-order valence-corrected chi connectivity index (χ3v) is 2.77. The molecule has 0 radical (unpaired) electrons. The van der Waals surface area contributed by atoms with E-state index in [4.69, 9.17) is 15.5 Å². The highest BCUT2D eigenvalue weighted by Gasteiger charge is 2.09. The molecule has 0 atom stereocenters. The van der Waals surface area contributed by atoms with Crippen LogP contribution in [0.15, 0.2) is 0 Å². The SMILES string of the molecule is CCC(CC)OOC(=O)CCCCCCCN. The second kappa shape index (κ2) is 11.9. The van der Waals surface area contributed by atoms with Gasteiger partial charge < -0.3 is 5.73 Å². The van der Waals surface area contributed by atoms with Gasteiger partial charge in [0, 0.05) is 6.42 Å². The third kappa shape index (κ3) is 10.3. The van der Waals surface area contributed by atoms with Crippen LogP contribution in [-0.2, 0) is 14.6 Å². The number of hydrogen-bond donors (Lipinski definition) is 1. The molecule has 102 valence electrons. The molecule has 0 aliphatic heterocycles. The second-order valence-electron chi connectivity index (χ2n) is 4.30. The van der Waals surface area contributed by atoms with Crippen molar-refractivity contribution in [1.82, 2.24) is 0 Å². The van der Waals surface area contributed by atoms with Crippen molar-refractivity contribution in [1.29, 1.82) is 0 Å². The number of hydrogen-bond acceptors (Lipinski definition) is 4. The zero-order valence-corrected chi connectivity index (χ0v) is 11.2. The summed E-state index contributed by atoms with van der Waals surface area (Å²) in [6.07, 6.45) is 7.49. The molecule has 0 spiro atoms. The Morgan fingerprint density at radius 1 is 1.06 bits per heavy atom. The highest BCUT2D eigenvalue weighted by molar-refractivity contribution is 5.68. The summed E-state index contributed by atoms with van der Waals surface area (Å²) in [4.78, 5) is 21.1. The van der Waals surface area contributed by atoms with Gasteiger partial charge >= 0.3 is 5.97 Å². The summed E-state index contributed by atoms with van der Waals surface area (Å²) in [5.41, 5.74) is 5.40. The maximum absolute atomic E-state index is 11.3. The van der Waals surface area contributed by atoms with Crippen molar-refractivity contribution in [2.24, 2.45) is 5.73 Å². The lowest BCUT2D eigenvalue weighted by Gasteiger charge is -2.11. The molecule has 0 fully saturated rings. The molecule has 0 rings (SSSR count). The van der Waals surface area contributed by atoms with E-state index in [1.54, 1.807) is 0 Å². The van der Waals surface area contributed by atoms with Crippen LogP contribution in [-0.4, -0.2) is 18.6 Å². The summed E-state index contributed by atoms with van der Waals surface area (Å²) in [6.45, 7) is 4.78. The van der Waals surface area contributed by atoms with Crippen molar-refractivity contribution < 1.29 is 14.6 Å². The first kappa shape index (κ1) is 16.4. The first-order chi connectivity index (χ1) is 8.24. The fourth-order valence-corrected chi connectivity index (χ4v) is 1.53. The fourth-order valence-electron chi connectivity index (χ4n) is 1.53. The number of unbranched alkanes of at least 4 members (excludes halogenated alkanes) is 4. The van der Waals surface area contributed by atoms with Crippen molar-refractivity contribution in [2.45, 2.75) is 71.3 Å². The summed E-state index contributed by atoms with van der Waals surface area (Å²) in [5, 5.41) is 0. The van der Waals surface area contributed by atoms with Crippen LogP contribution in [0.25, 0.3) is 0 Å². The highest BCUT2D eigenvalue weighted by atomic mass is 17.2. The topological polar surface area (TPSA) is 61.5 Å². The molecule has 2 N–H and O–H groups in total. The number of nitrogens with two attached hydrogens (primary N) is 1. The van der Waals surface area contributed by atoms with Crippen LogP contribution in [0.3, 0.4) is 0 Å². The number of carbonyl (C=O) groups is 1. The molecule has 0 amide bonds. The third-order valence-electron chi connectivity index (χ3n) is 2.77. The average Bonchev–Trinajstić information content (AvgIpc) is 2.35. The predicted molar refractivity (Wildman–Crippen MR) is 68.3 cm³/mol. The second-order valence-corrected chi connectivity index (χ2v) is 4.30. The Hall–Kier alpha value is -0.610. The molecule has 4 nitrogen and oxygen atoms in total. The van der Waals surface area contributed by atoms with Crippen LogP contribution < -0.4 is 5.73 Å². The Kier molecular flexibility index (Phi) is 11.4. The molecule has 0 aromatic rings.